The normalized spacial score (nSPS) is 10.7. The Morgan fingerprint density at radius 1 is 1.23 bits per heavy atom. The van der Waals surface area contributed by atoms with Crippen LogP contribution in [0.3, 0.4) is 0 Å². The molecule has 2 rings (SSSR count). The largest absolute Gasteiger partial charge is 0.484 e. The highest BCUT2D eigenvalue weighted by Gasteiger charge is 2.03. The van der Waals surface area contributed by atoms with Crippen molar-refractivity contribution in [3.63, 3.8) is 0 Å². The number of nitrogens with one attached hydrogen (secondary N) is 1. The zero-order valence-electron chi connectivity index (χ0n) is 11.8. The number of carbonyl (C=O) groups excluding carboxylic acids is 1. The number of halogens is 2. The molecular formula is C16H14Cl2N2O2. The van der Waals surface area contributed by atoms with Crippen LogP contribution in [0, 0.1) is 6.92 Å². The molecule has 0 fully saturated rings. The standard InChI is InChI=1S/C16H14Cl2N2O2/c1-11-8-14(6-7-15(11)18)22-10-16(21)20-19-9-12-2-4-13(17)5-3-12/h2-9H,10H2,1H3,(H,20,21)/b19-9+. The number of amides is 1. The number of benzene rings is 2. The van der Waals surface area contributed by atoms with Gasteiger partial charge in [-0.25, -0.2) is 5.43 Å². The summed E-state index contributed by atoms with van der Waals surface area (Å²) in [5, 5.41) is 5.15. The van der Waals surface area contributed by atoms with Gasteiger partial charge < -0.3 is 4.74 Å². The first-order valence-corrected chi connectivity index (χ1v) is 7.26. The molecule has 0 aliphatic heterocycles. The summed E-state index contributed by atoms with van der Waals surface area (Å²) in [5.41, 5.74) is 4.11. The third-order valence-corrected chi connectivity index (χ3v) is 3.45. The van der Waals surface area contributed by atoms with Gasteiger partial charge >= 0.3 is 0 Å². The zero-order valence-corrected chi connectivity index (χ0v) is 13.4. The van der Waals surface area contributed by atoms with Crippen molar-refractivity contribution in [3.05, 3.63) is 63.6 Å². The van der Waals surface area contributed by atoms with E-state index in [1.54, 1.807) is 42.5 Å². The summed E-state index contributed by atoms with van der Waals surface area (Å²) in [4.78, 5) is 11.6. The van der Waals surface area contributed by atoms with E-state index in [2.05, 4.69) is 10.5 Å². The molecule has 4 nitrogen and oxygen atoms in total. The molecule has 0 saturated carbocycles. The molecule has 114 valence electrons. The fraction of sp³-hybridized carbons (Fsp3) is 0.125. The van der Waals surface area contributed by atoms with Gasteiger partial charge in [0.1, 0.15) is 5.75 Å². The van der Waals surface area contributed by atoms with E-state index in [1.165, 1.54) is 6.21 Å². The highest BCUT2D eigenvalue weighted by Crippen LogP contribution is 2.20. The van der Waals surface area contributed by atoms with Gasteiger partial charge in [-0.15, -0.1) is 0 Å². The van der Waals surface area contributed by atoms with Crippen molar-refractivity contribution in [2.75, 3.05) is 6.61 Å². The number of aryl methyl sites for hydroxylation is 1. The summed E-state index contributed by atoms with van der Waals surface area (Å²) in [6, 6.07) is 12.3. The molecule has 0 radical (unpaired) electrons. The lowest BCUT2D eigenvalue weighted by molar-refractivity contribution is -0.123. The molecule has 0 heterocycles. The lowest BCUT2D eigenvalue weighted by Gasteiger charge is -2.06. The third kappa shape index (κ3) is 5.06. The number of nitrogens with zero attached hydrogens (tertiary/aromatic N) is 1. The molecular weight excluding hydrogens is 323 g/mol. The molecule has 1 N–H and O–H groups in total. The second-order valence-corrected chi connectivity index (χ2v) is 5.39. The van der Waals surface area contributed by atoms with Gasteiger partial charge in [0.2, 0.25) is 0 Å². The number of hydrogen-bond acceptors (Lipinski definition) is 3. The minimum atomic E-state index is -0.349. The Bertz CT molecular complexity index is 685. The number of carbonyl (C=O) groups is 1. The first-order valence-electron chi connectivity index (χ1n) is 6.51. The molecule has 0 aromatic heterocycles. The first kappa shape index (κ1) is 16.3. The van der Waals surface area contributed by atoms with Gasteiger partial charge in [-0.05, 0) is 48.4 Å². The maximum Gasteiger partial charge on any atom is 0.277 e. The van der Waals surface area contributed by atoms with E-state index in [-0.39, 0.29) is 12.5 Å². The van der Waals surface area contributed by atoms with E-state index >= 15 is 0 Å². The molecule has 2 aromatic carbocycles. The lowest BCUT2D eigenvalue weighted by atomic mass is 10.2. The van der Waals surface area contributed by atoms with E-state index in [0.717, 1.165) is 11.1 Å². The quantitative estimate of drug-likeness (QED) is 0.666. The van der Waals surface area contributed by atoms with Crippen LogP contribution in [0.15, 0.2) is 47.6 Å². The predicted molar refractivity (Wildman–Crippen MR) is 88.9 cm³/mol. The van der Waals surface area contributed by atoms with Crippen LogP contribution in [0.4, 0.5) is 0 Å². The van der Waals surface area contributed by atoms with Crippen molar-refractivity contribution in [1.29, 1.82) is 0 Å². The monoisotopic (exact) mass is 336 g/mol. The SMILES string of the molecule is Cc1cc(OCC(=O)N/N=C/c2ccc(Cl)cc2)ccc1Cl. The minimum absolute atomic E-state index is 0.126. The smallest absolute Gasteiger partial charge is 0.277 e. The zero-order chi connectivity index (χ0) is 15.9. The Balaban J connectivity index is 1.80. The summed E-state index contributed by atoms with van der Waals surface area (Å²) >= 11 is 11.7. The summed E-state index contributed by atoms with van der Waals surface area (Å²) in [6.45, 7) is 1.74. The van der Waals surface area contributed by atoms with Crippen molar-refractivity contribution in [2.24, 2.45) is 5.10 Å². The van der Waals surface area contributed by atoms with Crippen LogP contribution >= 0.6 is 23.2 Å². The van der Waals surface area contributed by atoms with Gasteiger partial charge in [-0.1, -0.05) is 35.3 Å². The average molecular weight is 337 g/mol. The van der Waals surface area contributed by atoms with E-state index in [1.807, 2.05) is 6.92 Å². The Morgan fingerprint density at radius 2 is 1.95 bits per heavy atom. The van der Waals surface area contributed by atoms with E-state index in [4.69, 9.17) is 27.9 Å². The summed E-state index contributed by atoms with van der Waals surface area (Å²) in [6.07, 6.45) is 1.53. The third-order valence-electron chi connectivity index (χ3n) is 2.77. The first-order chi connectivity index (χ1) is 10.5. The molecule has 0 spiro atoms. The summed E-state index contributed by atoms with van der Waals surface area (Å²) in [5.74, 6) is 0.233. The van der Waals surface area contributed by atoms with Crippen molar-refractivity contribution >= 4 is 35.3 Å². The second kappa shape index (κ2) is 7.82. The molecule has 0 atom stereocenters. The molecule has 0 saturated heterocycles. The van der Waals surface area contributed by atoms with Crippen molar-refractivity contribution in [2.45, 2.75) is 6.92 Å². The van der Waals surface area contributed by atoms with Gasteiger partial charge in [0.05, 0.1) is 6.21 Å². The van der Waals surface area contributed by atoms with Crippen molar-refractivity contribution < 1.29 is 9.53 Å². The second-order valence-electron chi connectivity index (χ2n) is 4.54. The fourth-order valence-electron chi connectivity index (χ4n) is 1.62. The average Bonchev–Trinajstić information content (AvgIpc) is 2.50. The molecule has 1 amide bonds. The van der Waals surface area contributed by atoms with Gasteiger partial charge in [-0.2, -0.15) is 5.10 Å². The van der Waals surface area contributed by atoms with Crippen LogP contribution in [0.2, 0.25) is 10.0 Å². The summed E-state index contributed by atoms with van der Waals surface area (Å²) in [7, 11) is 0. The minimum Gasteiger partial charge on any atom is -0.484 e. The van der Waals surface area contributed by atoms with E-state index in [0.29, 0.717) is 15.8 Å². The van der Waals surface area contributed by atoms with Crippen molar-refractivity contribution in [3.8, 4) is 5.75 Å². The van der Waals surface area contributed by atoms with Gasteiger partial charge in [-0.3, -0.25) is 4.79 Å². The Labute approximate surface area is 138 Å². The number of hydrazone groups is 1. The van der Waals surface area contributed by atoms with Crippen LogP contribution < -0.4 is 10.2 Å². The summed E-state index contributed by atoms with van der Waals surface area (Å²) < 4.78 is 5.36. The molecule has 6 heteroatoms. The molecule has 0 unspecified atom stereocenters. The predicted octanol–water partition coefficient (Wildman–Crippen LogP) is 3.83. The maximum atomic E-state index is 11.6. The topological polar surface area (TPSA) is 50.7 Å². The van der Waals surface area contributed by atoms with Crippen molar-refractivity contribution in [1.82, 2.24) is 5.43 Å². The Hall–Kier alpha value is -2.04. The van der Waals surface area contributed by atoms with Crippen LogP contribution in [0.25, 0.3) is 0 Å². The number of rotatable bonds is 5. The highest BCUT2D eigenvalue weighted by molar-refractivity contribution is 6.31. The van der Waals surface area contributed by atoms with Crippen LogP contribution in [-0.2, 0) is 4.79 Å². The molecule has 0 bridgehead atoms. The molecule has 0 aliphatic rings. The Morgan fingerprint density at radius 3 is 2.64 bits per heavy atom. The Kier molecular flexibility index (Phi) is 5.81. The van der Waals surface area contributed by atoms with Gasteiger partial charge in [0.25, 0.3) is 5.91 Å². The van der Waals surface area contributed by atoms with E-state index < -0.39 is 0 Å². The maximum absolute atomic E-state index is 11.6. The van der Waals surface area contributed by atoms with E-state index in [9.17, 15) is 4.79 Å². The van der Waals surface area contributed by atoms with Gasteiger partial charge in [0, 0.05) is 10.0 Å². The number of ether oxygens (including phenoxy) is 1. The van der Waals surface area contributed by atoms with Crippen LogP contribution in [0.1, 0.15) is 11.1 Å². The van der Waals surface area contributed by atoms with Crippen LogP contribution in [-0.4, -0.2) is 18.7 Å². The fourth-order valence-corrected chi connectivity index (χ4v) is 1.86. The lowest BCUT2D eigenvalue weighted by Crippen LogP contribution is -2.24. The number of hydrogen-bond donors (Lipinski definition) is 1. The molecule has 2 aromatic rings. The van der Waals surface area contributed by atoms with Crippen LogP contribution in [0.5, 0.6) is 5.75 Å². The highest BCUT2D eigenvalue weighted by atomic mass is 35.5. The molecule has 22 heavy (non-hydrogen) atoms. The van der Waals surface area contributed by atoms with Gasteiger partial charge in [0.15, 0.2) is 6.61 Å². The molecule has 0 aliphatic carbocycles.